The summed E-state index contributed by atoms with van der Waals surface area (Å²) in [5.74, 6) is 2.07. The minimum atomic E-state index is -0.0980. The van der Waals surface area contributed by atoms with E-state index in [2.05, 4.69) is 5.10 Å². The Bertz CT molecular complexity index is 1020. The molecule has 2 aromatic carbocycles. The second kappa shape index (κ2) is 10.3. The zero-order valence-corrected chi connectivity index (χ0v) is 17.5. The van der Waals surface area contributed by atoms with Crippen LogP contribution in [0.3, 0.4) is 0 Å². The maximum atomic E-state index is 12.3. The number of carbonyl (C=O) groups is 1. The first-order valence-electron chi connectivity index (χ1n) is 9.92. The van der Waals surface area contributed by atoms with Crippen LogP contribution in [0.4, 0.5) is 0 Å². The van der Waals surface area contributed by atoms with E-state index < -0.39 is 0 Å². The van der Waals surface area contributed by atoms with Crippen LogP contribution in [0.15, 0.2) is 60.8 Å². The van der Waals surface area contributed by atoms with Crippen molar-refractivity contribution in [3.8, 4) is 17.2 Å². The summed E-state index contributed by atoms with van der Waals surface area (Å²) in [5, 5.41) is 4.02. The van der Waals surface area contributed by atoms with Crippen LogP contribution in [0.5, 0.6) is 17.2 Å². The van der Waals surface area contributed by atoms with Crippen molar-refractivity contribution < 1.29 is 19.0 Å². The van der Waals surface area contributed by atoms with E-state index in [0.29, 0.717) is 31.3 Å². The minimum Gasteiger partial charge on any atom is -0.490 e. The molecular weight excluding hydrogens is 380 g/mol. The van der Waals surface area contributed by atoms with E-state index in [0.717, 1.165) is 22.6 Å². The lowest BCUT2D eigenvalue weighted by molar-refractivity contribution is 0.103. The zero-order valence-electron chi connectivity index (χ0n) is 17.5. The Morgan fingerprint density at radius 3 is 2.53 bits per heavy atom. The van der Waals surface area contributed by atoms with Crippen LogP contribution in [0.2, 0.25) is 0 Å². The lowest BCUT2D eigenvalue weighted by Crippen LogP contribution is -2.03. The SMILES string of the molecule is CCOc1ccc(COc2cccc(/C=C/C(=O)c3ccnn3C)c2)cc1OCC. The molecule has 0 unspecified atom stereocenters. The van der Waals surface area contributed by atoms with Crippen LogP contribution >= 0.6 is 0 Å². The predicted octanol–water partition coefficient (Wildman–Crippen LogP) is 4.69. The van der Waals surface area contributed by atoms with Gasteiger partial charge in [0.15, 0.2) is 11.5 Å². The number of hydrogen-bond acceptors (Lipinski definition) is 5. The third-order valence-corrected chi connectivity index (χ3v) is 4.37. The number of carbonyl (C=O) groups excluding carboxylic acids is 1. The van der Waals surface area contributed by atoms with Crippen molar-refractivity contribution in [2.75, 3.05) is 13.2 Å². The highest BCUT2D eigenvalue weighted by atomic mass is 16.5. The molecule has 0 saturated carbocycles. The van der Waals surface area contributed by atoms with Crippen LogP contribution < -0.4 is 14.2 Å². The second-order valence-electron chi connectivity index (χ2n) is 6.55. The summed E-state index contributed by atoms with van der Waals surface area (Å²) in [6, 6.07) is 15.1. The lowest BCUT2D eigenvalue weighted by atomic mass is 10.1. The summed E-state index contributed by atoms with van der Waals surface area (Å²) in [6.45, 7) is 5.43. The molecule has 0 N–H and O–H groups in total. The summed E-state index contributed by atoms with van der Waals surface area (Å²) in [7, 11) is 1.74. The van der Waals surface area contributed by atoms with E-state index >= 15 is 0 Å². The first-order chi connectivity index (χ1) is 14.6. The summed E-state index contributed by atoms with van der Waals surface area (Å²) >= 11 is 0. The summed E-state index contributed by atoms with van der Waals surface area (Å²) in [6.07, 6.45) is 4.91. The van der Waals surface area contributed by atoms with Gasteiger partial charge in [0.2, 0.25) is 5.78 Å². The topological polar surface area (TPSA) is 62.6 Å². The zero-order chi connectivity index (χ0) is 21.3. The van der Waals surface area contributed by atoms with E-state index in [4.69, 9.17) is 14.2 Å². The first-order valence-corrected chi connectivity index (χ1v) is 9.92. The average Bonchev–Trinajstić information content (AvgIpc) is 3.19. The third kappa shape index (κ3) is 5.50. The van der Waals surface area contributed by atoms with Crippen LogP contribution in [-0.2, 0) is 13.7 Å². The van der Waals surface area contributed by atoms with Crippen molar-refractivity contribution in [2.45, 2.75) is 20.5 Å². The first kappa shape index (κ1) is 21.2. The van der Waals surface area contributed by atoms with Gasteiger partial charge in [0.25, 0.3) is 0 Å². The standard InChI is InChI=1S/C24H26N2O4/c1-4-28-23-12-10-19(16-24(23)29-5-2)17-30-20-8-6-7-18(15-20)9-11-22(27)21-13-14-25-26(21)3/h6-16H,4-5,17H2,1-3H3/b11-9+. The maximum absolute atomic E-state index is 12.3. The Labute approximate surface area is 176 Å². The van der Waals surface area contributed by atoms with Crippen molar-refractivity contribution in [3.05, 3.63) is 77.6 Å². The number of ether oxygens (including phenoxy) is 3. The second-order valence-corrected chi connectivity index (χ2v) is 6.55. The van der Waals surface area contributed by atoms with Crippen LogP contribution in [0.25, 0.3) is 6.08 Å². The molecular formula is C24H26N2O4. The van der Waals surface area contributed by atoms with Gasteiger partial charge in [-0.25, -0.2) is 0 Å². The van der Waals surface area contributed by atoms with Gasteiger partial charge < -0.3 is 14.2 Å². The van der Waals surface area contributed by atoms with Gasteiger partial charge in [0.05, 0.1) is 13.2 Å². The van der Waals surface area contributed by atoms with Crippen molar-refractivity contribution >= 4 is 11.9 Å². The number of ketones is 1. The van der Waals surface area contributed by atoms with Crippen molar-refractivity contribution in [2.24, 2.45) is 7.05 Å². The molecule has 0 radical (unpaired) electrons. The lowest BCUT2D eigenvalue weighted by Gasteiger charge is -2.13. The highest BCUT2D eigenvalue weighted by Crippen LogP contribution is 2.29. The van der Waals surface area contributed by atoms with Gasteiger partial charge >= 0.3 is 0 Å². The molecule has 0 fully saturated rings. The van der Waals surface area contributed by atoms with E-state index in [-0.39, 0.29) is 5.78 Å². The van der Waals surface area contributed by atoms with Gasteiger partial charge in [-0.2, -0.15) is 5.10 Å². The fourth-order valence-corrected chi connectivity index (χ4v) is 2.93. The Balaban J connectivity index is 1.65. The van der Waals surface area contributed by atoms with E-state index in [1.54, 1.807) is 30.1 Å². The fourth-order valence-electron chi connectivity index (χ4n) is 2.93. The fraction of sp³-hybridized carbons (Fsp3) is 0.250. The normalized spacial score (nSPS) is 10.9. The molecule has 1 heterocycles. The molecule has 0 bridgehead atoms. The van der Waals surface area contributed by atoms with Crippen LogP contribution in [0, 0.1) is 0 Å². The average molecular weight is 406 g/mol. The molecule has 6 heteroatoms. The molecule has 0 atom stereocenters. The predicted molar refractivity (Wildman–Crippen MR) is 116 cm³/mol. The van der Waals surface area contributed by atoms with Crippen molar-refractivity contribution in [1.82, 2.24) is 9.78 Å². The van der Waals surface area contributed by atoms with Gasteiger partial charge in [0, 0.05) is 13.2 Å². The number of aryl methyl sites for hydroxylation is 1. The number of benzene rings is 2. The number of rotatable bonds is 10. The molecule has 30 heavy (non-hydrogen) atoms. The number of nitrogens with zero attached hydrogens (tertiary/aromatic N) is 2. The van der Waals surface area contributed by atoms with Gasteiger partial charge in [-0.05, 0) is 61.4 Å². The molecule has 0 amide bonds. The molecule has 0 saturated heterocycles. The van der Waals surface area contributed by atoms with Crippen molar-refractivity contribution in [3.63, 3.8) is 0 Å². The number of hydrogen-bond donors (Lipinski definition) is 0. The highest BCUT2D eigenvalue weighted by molar-refractivity contribution is 6.05. The largest absolute Gasteiger partial charge is 0.490 e. The minimum absolute atomic E-state index is 0.0980. The highest BCUT2D eigenvalue weighted by Gasteiger charge is 2.08. The monoisotopic (exact) mass is 406 g/mol. The van der Waals surface area contributed by atoms with E-state index in [9.17, 15) is 4.79 Å². The Morgan fingerprint density at radius 2 is 1.80 bits per heavy atom. The summed E-state index contributed by atoms with van der Waals surface area (Å²) in [4.78, 5) is 12.3. The summed E-state index contributed by atoms with van der Waals surface area (Å²) in [5.41, 5.74) is 2.40. The maximum Gasteiger partial charge on any atom is 0.203 e. The Hall–Kier alpha value is -3.54. The Morgan fingerprint density at radius 1 is 1.00 bits per heavy atom. The smallest absolute Gasteiger partial charge is 0.203 e. The Kier molecular flexibility index (Phi) is 7.27. The van der Waals surface area contributed by atoms with Gasteiger partial charge in [-0.15, -0.1) is 0 Å². The molecule has 6 nitrogen and oxygen atoms in total. The molecule has 156 valence electrons. The molecule has 1 aromatic heterocycles. The van der Waals surface area contributed by atoms with E-state index in [1.807, 2.05) is 56.3 Å². The van der Waals surface area contributed by atoms with Crippen LogP contribution in [-0.4, -0.2) is 28.8 Å². The third-order valence-electron chi connectivity index (χ3n) is 4.37. The van der Waals surface area contributed by atoms with Gasteiger partial charge in [-0.1, -0.05) is 24.3 Å². The molecule has 0 spiro atoms. The summed E-state index contributed by atoms with van der Waals surface area (Å²) < 4.78 is 18.8. The van der Waals surface area contributed by atoms with Gasteiger partial charge in [0.1, 0.15) is 18.1 Å². The molecule has 3 rings (SSSR count). The quantitative estimate of drug-likeness (QED) is 0.361. The number of allylic oxidation sites excluding steroid dienone is 1. The molecule has 0 aliphatic rings. The number of aromatic nitrogens is 2. The van der Waals surface area contributed by atoms with Gasteiger partial charge in [-0.3, -0.25) is 9.48 Å². The molecule has 3 aromatic rings. The molecule has 0 aliphatic carbocycles. The van der Waals surface area contributed by atoms with E-state index in [1.165, 1.54) is 6.08 Å². The van der Waals surface area contributed by atoms with Crippen LogP contribution in [0.1, 0.15) is 35.5 Å². The van der Waals surface area contributed by atoms with Crippen molar-refractivity contribution in [1.29, 1.82) is 0 Å². The molecule has 0 aliphatic heterocycles.